The molecule has 0 aliphatic heterocycles. The fourth-order valence-corrected chi connectivity index (χ4v) is 1.19. The Morgan fingerprint density at radius 1 is 1.21 bits per heavy atom. The van der Waals surface area contributed by atoms with Crippen LogP contribution in [0.1, 0.15) is 12.6 Å². The van der Waals surface area contributed by atoms with Crippen molar-refractivity contribution in [1.82, 2.24) is 9.97 Å². The zero-order valence-electron chi connectivity index (χ0n) is 10.5. The average molecular weight is 266 g/mol. The number of anilines is 2. The molecule has 0 aromatic carbocycles. The SMILES string of the molecule is CCOC(=O)C=CC(=O)Oc1c(C)nc(N)nc1N. The highest BCUT2D eigenvalue weighted by molar-refractivity contribution is 5.92. The first-order valence-electron chi connectivity index (χ1n) is 5.40. The monoisotopic (exact) mass is 266 g/mol. The van der Waals surface area contributed by atoms with Crippen molar-refractivity contribution in [3.63, 3.8) is 0 Å². The minimum Gasteiger partial charge on any atom is -0.463 e. The number of carbonyl (C=O) groups excluding carboxylic acids is 2. The first-order chi connectivity index (χ1) is 8.93. The van der Waals surface area contributed by atoms with Crippen molar-refractivity contribution < 1.29 is 19.1 Å². The molecule has 0 atom stereocenters. The third-order valence-corrected chi connectivity index (χ3v) is 1.92. The summed E-state index contributed by atoms with van der Waals surface area (Å²) in [7, 11) is 0. The van der Waals surface area contributed by atoms with Crippen molar-refractivity contribution in [1.29, 1.82) is 0 Å². The fraction of sp³-hybridized carbons (Fsp3) is 0.273. The van der Waals surface area contributed by atoms with E-state index >= 15 is 0 Å². The third kappa shape index (κ3) is 4.26. The Hall–Kier alpha value is -2.64. The van der Waals surface area contributed by atoms with Gasteiger partial charge in [-0.1, -0.05) is 0 Å². The molecule has 0 bridgehead atoms. The van der Waals surface area contributed by atoms with Gasteiger partial charge in [-0.05, 0) is 13.8 Å². The number of hydrogen-bond acceptors (Lipinski definition) is 8. The summed E-state index contributed by atoms with van der Waals surface area (Å²) in [6.45, 7) is 3.43. The van der Waals surface area contributed by atoms with E-state index in [1.165, 1.54) is 0 Å². The second kappa shape index (κ2) is 6.34. The average Bonchev–Trinajstić information content (AvgIpc) is 2.31. The van der Waals surface area contributed by atoms with Gasteiger partial charge in [0.1, 0.15) is 0 Å². The van der Waals surface area contributed by atoms with Crippen molar-refractivity contribution in [2.24, 2.45) is 0 Å². The predicted octanol–water partition coefficient (Wildman–Crippen LogP) is -0.0259. The van der Waals surface area contributed by atoms with Crippen LogP contribution in [0.5, 0.6) is 5.75 Å². The number of ether oxygens (including phenoxy) is 2. The van der Waals surface area contributed by atoms with Gasteiger partial charge in [-0.2, -0.15) is 4.98 Å². The molecule has 19 heavy (non-hydrogen) atoms. The molecule has 0 unspecified atom stereocenters. The van der Waals surface area contributed by atoms with Gasteiger partial charge in [0.05, 0.1) is 12.3 Å². The van der Waals surface area contributed by atoms with Crippen LogP contribution in [0.15, 0.2) is 12.2 Å². The molecular weight excluding hydrogens is 252 g/mol. The Kier molecular flexibility index (Phi) is 4.81. The Morgan fingerprint density at radius 2 is 1.84 bits per heavy atom. The second-order valence-corrected chi connectivity index (χ2v) is 3.39. The largest absolute Gasteiger partial charge is 0.463 e. The number of hydrogen-bond donors (Lipinski definition) is 2. The van der Waals surface area contributed by atoms with Gasteiger partial charge >= 0.3 is 11.9 Å². The van der Waals surface area contributed by atoms with Crippen molar-refractivity contribution in [3.05, 3.63) is 17.8 Å². The Labute approximate surface area is 109 Å². The number of carbonyl (C=O) groups is 2. The summed E-state index contributed by atoms with van der Waals surface area (Å²) < 4.78 is 9.53. The maximum Gasteiger partial charge on any atom is 0.336 e. The van der Waals surface area contributed by atoms with Gasteiger partial charge in [-0.15, -0.1) is 0 Å². The number of nitrogens with two attached hydrogens (primary N) is 2. The van der Waals surface area contributed by atoms with E-state index in [2.05, 4.69) is 14.7 Å². The van der Waals surface area contributed by atoms with Crippen LogP contribution >= 0.6 is 0 Å². The molecule has 0 spiro atoms. The summed E-state index contributed by atoms with van der Waals surface area (Å²) in [5.74, 6) is -1.50. The van der Waals surface area contributed by atoms with E-state index in [1.807, 2.05) is 0 Å². The van der Waals surface area contributed by atoms with Crippen molar-refractivity contribution in [2.45, 2.75) is 13.8 Å². The molecule has 8 heteroatoms. The van der Waals surface area contributed by atoms with Crippen LogP contribution in [0.4, 0.5) is 11.8 Å². The maximum absolute atomic E-state index is 11.5. The third-order valence-electron chi connectivity index (χ3n) is 1.92. The van der Waals surface area contributed by atoms with E-state index in [1.54, 1.807) is 13.8 Å². The number of aromatic nitrogens is 2. The standard InChI is InChI=1S/C11H14N4O4/c1-3-18-7(16)4-5-8(17)19-9-6(2)14-11(13)15-10(9)12/h4-5H,3H2,1-2H3,(H4,12,13,14,15). The summed E-state index contributed by atoms with van der Waals surface area (Å²) in [6, 6.07) is 0. The lowest BCUT2D eigenvalue weighted by atomic mass is 10.4. The molecule has 0 aliphatic carbocycles. The van der Waals surface area contributed by atoms with Crippen LogP contribution in [0.25, 0.3) is 0 Å². The maximum atomic E-state index is 11.5. The highest BCUT2D eigenvalue weighted by Crippen LogP contribution is 2.23. The molecule has 0 fully saturated rings. The van der Waals surface area contributed by atoms with Gasteiger partial charge in [0.2, 0.25) is 5.95 Å². The van der Waals surface area contributed by atoms with Crippen molar-refractivity contribution in [2.75, 3.05) is 18.1 Å². The summed E-state index contributed by atoms with van der Waals surface area (Å²) in [5.41, 5.74) is 11.2. The molecule has 0 radical (unpaired) electrons. The Balaban J connectivity index is 2.75. The lowest BCUT2D eigenvalue weighted by Gasteiger charge is -2.07. The zero-order valence-corrected chi connectivity index (χ0v) is 10.5. The van der Waals surface area contributed by atoms with Gasteiger partial charge in [0, 0.05) is 12.2 Å². The Morgan fingerprint density at radius 3 is 2.42 bits per heavy atom. The van der Waals surface area contributed by atoms with Crippen LogP contribution in [0.3, 0.4) is 0 Å². The summed E-state index contributed by atoms with van der Waals surface area (Å²) >= 11 is 0. The van der Waals surface area contributed by atoms with E-state index in [9.17, 15) is 9.59 Å². The first kappa shape index (κ1) is 14.4. The summed E-state index contributed by atoms with van der Waals surface area (Å²) in [6.07, 6.45) is 1.88. The number of esters is 2. The van der Waals surface area contributed by atoms with Gasteiger partial charge in [0.15, 0.2) is 11.6 Å². The van der Waals surface area contributed by atoms with Crippen LogP contribution in [-0.4, -0.2) is 28.5 Å². The minimum absolute atomic E-state index is 0.00714. The highest BCUT2D eigenvalue weighted by Gasteiger charge is 2.12. The number of nitrogens with zero attached hydrogens (tertiary/aromatic N) is 2. The molecule has 0 aliphatic rings. The van der Waals surface area contributed by atoms with Gasteiger partial charge < -0.3 is 20.9 Å². The lowest BCUT2D eigenvalue weighted by Crippen LogP contribution is -2.11. The molecule has 4 N–H and O–H groups in total. The van der Waals surface area contributed by atoms with Crippen LogP contribution in [-0.2, 0) is 14.3 Å². The number of rotatable bonds is 4. The van der Waals surface area contributed by atoms with E-state index in [0.29, 0.717) is 5.69 Å². The minimum atomic E-state index is -0.795. The van der Waals surface area contributed by atoms with E-state index < -0.39 is 11.9 Å². The lowest BCUT2D eigenvalue weighted by molar-refractivity contribution is -0.138. The highest BCUT2D eigenvalue weighted by atomic mass is 16.5. The van der Waals surface area contributed by atoms with Crippen molar-refractivity contribution >= 4 is 23.7 Å². The van der Waals surface area contributed by atoms with Gasteiger partial charge in [0.25, 0.3) is 0 Å². The number of aryl methyl sites for hydroxylation is 1. The molecule has 0 saturated carbocycles. The van der Waals surface area contributed by atoms with Crippen LogP contribution in [0.2, 0.25) is 0 Å². The molecule has 0 amide bonds. The van der Waals surface area contributed by atoms with Crippen molar-refractivity contribution in [3.8, 4) is 5.75 Å². The molecular formula is C11H14N4O4. The van der Waals surface area contributed by atoms with Crippen LogP contribution in [0, 0.1) is 6.92 Å². The van der Waals surface area contributed by atoms with E-state index in [4.69, 9.17) is 16.2 Å². The second-order valence-electron chi connectivity index (χ2n) is 3.39. The molecule has 102 valence electrons. The number of nitrogen functional groups attached to an aromatic ring is 2. The fourth-order valence-electron chi connectivity index (χ4n) is 1.19. The van der Waals surface area contributed by atoms with Crippen LogP contribution < -0.4 is 16.2 Å². The molecule has 1 aromatic rings. The van der Waals surface area contributed by atoms with E-state index in [0.717, 1.165) is 12.2 Å². The van der Waals surface area contributed by atoms with Gasteiger partial charge in [-0.3, -0.25) is 0 Å². The quantitative estimate of drug-likeness (QED) is 0.574. The summed E-state index contributed by atoms with van der Waals surface area (Å²) in [4.78, 5) is 29.9. The molecule has 8 nitrogen and oxygen atoms in total. The van der Waals surface area contributed by atoms with Gasteiger partial charge in [-0.25, -0.2) is 14.6 Å². The molecule has 1 heterocycles. The predicted molar refractivity (Wildman–Crippen MR) is 67.0 cm³/mol. The zero-order chi connectivity index (χ0) is 14.4. The topological polar surface area (TPSA) is 130 Å². The van der Waals surface area contributed by atoms with E-state index in [-0.39, 0.29) is 24.1 Å². The molecule has 1 aromatic heterocycles. The summed E-state index contributed by atoms with van der Waals surface area (Å²) in [5, 5.41) is 0. The molecule has 0 saturated heterocycles. The smallest absolute Gasteiger partial charge is 0.336 e. The first-order valence-corrected chi connectivity index (χ1v) is 5.40. The molecule has 1 rings (SSSR count). The normalized spacial score (nSPS) is 10.4. The Bertz CT molecular complexity index is 504.